The van der Waals surface area contributed by atoms with Crippen LogP contribution < -0.4 is 10.1 Å². The van der Waals surface area contributed by atoms with Crippen LogP contribution in [-0.4, -0.2) is 26.0 Å². The maximum Gasteiger partial charge on any atom is 0.294 e. The maximum atomic E-state index is 11.6. The Balaban J connectivity index is 1.87. The third kappa shape index (κ3) is 6.27. The zero-order valence-electron chi connectivity index (χ0n) is 17.1. The molecule has 0 aliphatic heterocycles. The lowest BCUT2D eigenvalue weighted by Crippen LogP contribution is -2.05. The van der Waals surface area contributed by atoms with Crippen molar-refractivity contribution in [3.05, 3.63) is 66.7 Å². The van der Waals surface area contributed by atoms with Gasteiger partial charge in [-0.3, -0.25) is 9.35 Å². The largest absolute Gasteiger partial charge is 0.497 e. The molecule has 1 amide bonds. The van der Waals surface area contributed by atoms with Gasteiger partial charge in [-0.25, -0.2) is 0 Å². The number of nitrogens with one attached hydrogen (secondary N) is 1. The van der Waals surface area contributed by atoms with Crippen LogP contribution in [0.1, 0.15) is 6.92 Å². The van der Waals surface area contributed by atoms with Crippen LogP contribution in [0.15, 0.2) is 92.1 Å². The SMILES string of the molecule is COc1ccc(N=Nc2ccc(N=Nc3cccc(S(=O)(=O)O)c3)c(NC(C)=O)c2)cc1. The van der Waals surface area contributed by atoms with Gasteiger partial charge in [0.2, 0.25) is 5.91 Å². The van der Waals surface area contributed by atoms with E-state index in [1.165, 1.54) is 31.2 Å². The fourth-order valence-corrected chi connectivity index (χ4v) is 3.07. The first-order valence-corrected chi connectivity index (χ1v) is 10.7. The molecule has 3 aromatic rings. The average Bonchev–Trinajstić information content (AvgIpc) is 2.76. The van der Waals surface area contributed by atoms with Crippen LogP contribution in [0, 0.1) is 0 Å². The second kappa shape index (κ2) is 9.90. The normalized spacial score (nSPS) is 11.7. The summed E-state index contributed by atoms with van der Waals surface area (Å²) in [7, 11) is -2.79. The monoisotopic (exact) mass is 453 g/mol. The zero-order valence-corrected chi connectivity index (χ0v) is 17.9. The molecule has 0 heterocycles. The minimum absolute atomic E-state index is 0.206. The molecule has 164 valence electrons. The molecule has 3 rings (SSSR count). The van der Waals surface area contributed by atoms with Crippen molar-refractivity contribution >= 4 is 44.5 Å². The molecule has 11 heteroatoms. The van der Waals surface area contributed by atoms with Gasteiger partial charge >= 0.3 is 0 Å². The number of amides is 1. The summed E-state index contributed by atoms with van der Waals surface area (Å²) in [4.78, 5) is 11.3. The molecule has 32 heavy (non-hydrogen) atoms. The highest BCUT2D eigenvalue weighted by molar-refractivity contribution is 7.85. The van der Waals surface area contributed by atoms with E-state index in [9.17, 15) is 13.2 Å². The van der Waals surface area contributed by atoms with Crippen molar-refractivity contribution in [3.8, 4) is 5.75 Å². The van der Waals surface area contributed by atoms with Gasteiger partial charge in [-0.2, -0.15) is 23.8 Å². The first-order chi connectivity index (χ1) is 15.2. The topological polar surface area (TPSA) is 142 Å². The molecule has 0 fully saturated rings. The molecule has 0 unspecified atom stereocenters. The molecule has 0 spiro atoms. The number of azo groups is 2. The van der Waals surface area contributed by atoms with E-state index in [0.717, 1.165) is 0 Å². The summed E-state index contributed by atoms with van der Waals surface area (Å²) in [5, 5.41) is 19.0. The summed E-state index contributed by atoms with van der Waals surface area (Å²) in [6, 6.07) is 17.2. The van der Waals surface area contributed by atoms with Crippen molar-refractivity contribution in [2.24, 2.45) is 20.5 Å². The van der Waals surface area contributed by atoms with E-state index < -0.39 is 10.1 Å². The van der Waals surface area contributed by atoms with Gasteiger partial charge in [-0.05, 0) is 60.7 Å². The highest BCUT2D eigenvalue weighted by Crippen LogP contribution is 2.32. The molecule has 0 aromatic heterocycles. The standard InChI is InChI=1S/C21H19N5O5S/c1-14(27)22-21-13-17(24-23-15-6-9-18(31-2)10-7-15)8-11-20(21)26-25-16-4-3-5-19(12-16)32(28,29)30/h3-13H,1-2H3,(H,22,27)(H,28,29,30). The summed E-state index contributed by atoms with van der Waals surface area (Å²) in [5.41, 5.74) is 1.96. The predicted octanol–water partition coefficient (Wildman–Crippen LogP) is 5.73. The number of carbonyl (C=O) groups excluding carboxylic acids is 1. The van der Waals surface area contributed by atoms with E-state index in [1.54, 1.807) is 49.6 Å². The number of carbonyl (C=O) groups is 1. The van der Waals surface area contributed by atoms with Crippen LogP contribution in [0.3, 0.4) is 0 Å². The Kier molecular flexibility index (Phi) is 7.03. The molecule has 2 N–H and O–H groups in total. The van der Waals surface area contributed by atoms with Crippen LogP contribution in [0.5, 0.6) is 5.75 Å². The van der Waals surface area contributed by atoms with E-state index in [1.807, 2.05) is 0 Å². The molecule has 0 aliphatic carbocycles. The lowest BCUT2D eigenvalue weighted by atomic mass is 10.2. The lowest BCUT2D eigenvalue weighted by molar-refractivity contribution is -0.114. The Labute approximate surface area is 184 Å². The number of benzene rings is 3. The van der Waals surface area contributed by atoms with Crippen molar-refractivity contribution in [1.82, 2.24) is 0 Å². The summed E-state index contributed by atoms with van der Waals surface area (Å²) < 4.78 is 36.8. The van der Waals surface area contributed by atoms with Crippen molar-refractivity contribution in [2.45, 2.75) is 11.8 Å². The third-order valence-corrected chi connectivity index (χ3v) is 4.88. The van der Waals surface area contributed by atoms with Gasteiger partial charge in [0.25, 0.3) is 10.1 Å². The number of rotatable bonds is 7. The van der Waals surface area contributed by atoms with Crippen molar-refractivity contribution < 1.29 is 22.5 Å². The van der Waals surface area contributed by atoms with Crippen molar-refractivity contribution in [3.63, 3.8) is 0 Å². The summed E-state index contributed by atoms with van der Waals surface area (Å²) in [6.45, 7) is 1.35. The van der Waals surface area contributed by atoms with Gasteiger partial charge in [0.1, 0.15) is 11.4 Å². The minimum atomic E-state index is -4.36. The molecule has 0 radical (unpaired) electrons. The van der Waals surface area contributed by atoms with E-state index in [2.05, 4.69) is 25.8 Å². The van der Waals surface area contributed by atoms with Gasteiger partial charge in [0.05, 0.1) is 34.8 Å². The highest BCUT2D eigenvalue weighted by Gasteiger charge is 2.10. The molecule has 3 aromatic carbocycles. The van der Waals surface area contributed by atoms with Gasteiger partial charge in [0, 0.05) is 6.92 Å². The molecule has 0 saturated carbocycles. The molecule has 10 nitrogen and oxygen atoms in total. The molecule has 0 aliphatic rings. The van der Waals surface area contributed by atoms with Gasteiger partial charge in [-0.15, -0.1) is 5.11 Å². The van der Waals surface area contributed by atoms with E-state index in [4.69, 9.17) is 9.29 Å². The Morgan fingerprint density at radius 3 is 2.16 bits per heavy atom. The van der Waals surface area contributed by atoms with E-state index in [-0.39, 0.29) is 16.5 Å². The molecule has 0 saturated heterocycles. The zero-order chi connectivity index (χ0) is 23.1. The average molecular weight is 453 g/mol. The first-order valence-electron chi connectivity index (χ1n) is 9.21. The Morgan fingerprint density at radius 2 is 1.50 bits per heavy atom. The Bertz CT molecular complexity index is 1290. The number of anilines is 1. The Hall–Kier alpha value is -3.96. The quantitative estimate of drug-likeness (QED) is 0.347. The fraction of sp³-hybridized carbons (Fsp3) is 0.0952. The molecular weight excluding hydrogens is 434 g/mol. The van der Waals surface area contributed by atoms with E-state index in [0.29, 0.717) is 28.5 Å². The predicted molar refractivity (Wildman–Crippen MR) is 118 cm³/mol. The van der Waals surface area contributed by atoms with Crippen molar-refractivity contribution in [1.29, 1.82) is 0 Å². The van der Waals surface area contributed by atoms with Crippen LogP contribution in [0.2, 0.25) is 0 Å². The van der Waals surface area contributed by atoms with Gasteiger partial charge in [0.15, 0.2) is 0 Å². The number of hydrogen-bond donors (Lipinski definition) is 2. The first kappa shape index (κ1) is 22.7. The second-order valence-corrected chi connectivity index (χ2v) is 7.87. The van der Waals surface area contributed by atoms with Crippen LogP contribution in [0.4, 0.5) is 28.4 Å². The number of methoxy groups -OCH3 is 1. The lowest BCUT2D eigenvalue weighted by Gasteiger charge is -2.06. The fourth-order valence-electron chi connectivity index (χ4n) is 2.55. The smallest absolute Gasteiger partial charge is 0.294 e. The molecular formula is C21H19N5O5S. The minimum Gasteiger partial charge on any atom is -0.497 e. The molecule has 0 atom stereocenters. The number of hydrogen-bond acceptors (Lipinski definition) is 8. The van der Waals surface area contributed by atoms with Crippen molar-refractivity contribution in [2.75, 3.05) is 12.4 Å². The summed E-state index contributed by atoms with van der Waals surface area (Å²) >= 11 is 0. The third-order valence-electron chi connectivity index (χ3n) is 4.03. The maximum absolute atomic E-state index is 11.6. The Morgan fingerprint density at radius 1 is 0.875 bits per heavy atom. The molecule has 0 bridgehead atoms. The van der Waals surface area contributed by atoms with Crippen LogP contribution in [0.25, 0.3) is 0 Å². The van der Waals surface area contributed by atoms with Gasteiger partial charge < -0.3 is 10.1 Å². The summed E-state index contributed by atoms with van der Waals surface area (Å²) in [5.74, 6) is 0.382. The summed E-state index contributed by atoms with van der Waals surface area (Å²) in [6.07, 6.45) is 0. The number of nitrogens with zero attached hydrogens (tertiary/aromatic N) is 4. The number of ether oxygens (including phenoxy) is 1. The van der Waals surface area contributed by atoms with Crippen LogP contribution in [-0.2, 0) is 14.9 Å². The van der Waals surface area contributed by atoms with Crippen LogP contribution >= 0.6 is 0 Å². The van der Waals surface area contributed by atoms with Gasteiger partial charge in [-0.1, -0.05) is 6.07 Å². The van der Waals surface area contributed by atoms with E-state index >= 15 is 0 Å². The second-order valence-electron chi connectivity index (χ2n) is 6.45. The highest BCUT2D eigenvalue weighted by atomic mass is 32.2.